The van der Waals surface area contributed by atoms with E-state index < -0.39 is 9.85 Å². The number of hydrogen-bond acceptors (Lipinski definition) is 11. The summed E-state index contributed by atoms with van der Waals surface area (Å²) in [6.45, 7) is 3.10. The number of nitrogens with zero attached hydrogens (tertiary/aromatic N) is 4. The first-order chi connectivity index (χ1) is 23.4. The smallest absolute Gasteiger partial charge is 1.00 e. The zero-order valence-electron chi connectivity index (χ0n) is 29.5. The minimum absolute atomic E-state index is 0. The molecule has 2 aliphatic rings. The summed E-state index contributed by atoms with van der Waals surface area (Å²) in [5.41, 5.74) is 5.69. The van der Waals surface area contributed by atoms with Gasteiger partial charge in [-0.05, 0) is 131 Å². The Morgan fingerprint density at radius 1 is 0.827 bits per heavy atom. The van der Waals surface area contributed by atoms with E-state index in [0.29, 0.717) is 31.6 Å². The largest absolute Gasteiger partial charge is 1.00 e. The van der Waals surface area contributed by atoms with Gasteiger partial charge in [0.1, 0.15) is 11.5 Å². The van der Waals surface area contributed by atoms with Crippen LogP contribution in [0.15, 0.2) is 57.7 Å². The molecule has 6 rings (SSSR count). The van der Waals surface area contributed by atoms with E-state index in [2.05, 4.69) is 58.8 Å². The molecule has 0 bridgehead atoms. The van der Waals surface area contributed by atoms with Crippen molar-refractivity contribution in [3.05, 3.63) is 116 Å². The molecule has 4 aromatic rings. The number of aromatic hydroxyl groups is 1. The molecule has 0 unspecified atom stereocenters. The first-order valence-electron chi connectivity index (χ1n) is 15.0. The predicted molar refractivity (Wildman–Crippen MR) is 195 cm³/mol. The van der Waals surface area contributed by atoms with E-state index in [-0.39, 0.29) is 141 Å². The Morgan fingerprint density at radius 3 is 1.79 bits per heavy atom. The number of hydrogen-bond donors (Lipinski definition) is 1. The van der Waals surface area contributed by atoms with Crippen molar-refractivity contribution >= 4 is 61.3 Å². The molecular formula is C34H37Br2ClK2N4O9. The average molecular weight is 919 g/mol. The number of phenolic OH excluding ortho intramolecular Hbond substituents is 1. The number of rotatable bonds is 5. The van der Waals surface area contributed by atoms with Crippen molar-refractivity contribution in [2.24, 2.45) is 0 Å². The van der Waals surface area contributed by atoms with Gasteiger partial charge in [-0.1, -0.05) is 43.3 Å². The topological polar surface area (TPSA) is 191 Å². The molecule has 0 fully saturated rings. The standard InChI is InChI=1S/C16H15BrN2O3.C10H12O.C6H4BrClN2O2.CH2O3.CH4.2K.H/c1-10-13(17)9-18-16(15(10)19(20)21)22-14-8-4-6-11-5-2-3-7-12(11)14;11-10-7-3-5-8-4-1-2-6-9(8)10;1-3-4(7)2-9-6(8)5(3)10(11)12;2-1-4-3;;;;/h4,6,8-9H,2-3,5,7H2,1H3;3,5,7,11H,1-2,4,6H2;2H,1H3;1,3H;1H4;;;/q;;;;;2*+1;-1/p-1. The van der Waals surface area contributed by atoms with Gasteiger partial charge >= 0.3 is 114 Å². The monoisotopic (exact) mass is 916 g/mol. The van der Waals surface area contributed by atoms with Gasteiger partial charge in [0.25, 0.3) is 12.4 Å². The summed E-state index contributed by atoms with van der Waals surface area (Å²) in [5, 5.41) is 39.6. The number of carbonyl (C=O) groups excluding carboxylic acids is 1. The third kappa shape index (κ3) is 14.6. The number of phenols is 1. The molecule has 13 nitrogen and oxygen atoms in total. The fourth-order valence-electron chi connectivity index (χ4n) is 5.30. The second-order valence-electron chi connectivity index (χ2n) is 10.8. The SMILES string of the molecule is C.Cc1c(Br)cnc(Cl)c1[N+](=O)[O-].Cc1c(Br)cnc(Oc2cccc3c2CCCC3)c1[N+](=O)[O-].O=CO[O-].Oc1cccc2c1CCCC2.[H-].[K+].[K+]. The van der Waals surface area contributed by atoms with Gasteiger partial charge in [-0.25, -0.2) is 9.97 Å². The summed E-state index contributed by atoms with van der Waals surface area (Å²) in [6, 6.07) is 11.7. The van der Waals surface area contributed by atoms with Crippen LogP contribution in [0.5, 0.6) is 17.4 Å². The molecule has 270 valence electrons. The third-order valence-electron chi connectivity index (χ3n) is 7.75. The molecule has 0 saturated carbocycles. The van der Waals surface area contributed by atoms with Crippen molar-refractivity contribution in [2.45, 2.75) is 72.6 Å². The molecule has 2 heterocycles. The molecular weight excluding hydrogens is 882 g/mol. The van der Waals surface area contributed by atoms with Crippen molar-refractivity contribution in [1.82, 2.24) is 9.97 Å². The first-order valence-corrected chi connectivity index (χ1v) is 16.9. The maximum atomic E-state index is 11.3. The number of pyridine rings is 2. The predicted octanol–water partition coefficient (Wildman–Crippen LogP) is 2.91. The number of fused-ring (bicyclic) bond motifs is 2. The van der Waals surface area contributed by atoms with Crippen LogP contribution in [0.4, 0.5) is 11.4 Å². The van der Waals surface area contributed by atoms with Gasteiger partial charge in [-0.3, -0.25) is 25.0 Å². The Hall–Kier alpha value is -0.907. The van der Waals surface area contributed by atoms with Crippen LogP contribution in [0.3, 0.4) is 0 Å². The van der Waals surface area contributed by atoms with Gasteiger partial charge < -0.3 is 21.4 Å². The molecule has 18 heteroatoms. The van der Waals surface area contributed by atoms with E-state index in [0.717, 1.165) is 37.7 Å². The Morgan fingerprint density at radius 2 is 1.29 bits per heavy atom. The van der Waals surface area contributed by atoms with Crippen LogP contribution in [0.25, 0.3) is 0 Å². The molecule has 0 amide bonds. The van der Waals surface area contributed by atoms with Crippen molar-refractivity contribution in [1.29, 1.82) is 0 Å². The van der Waals surface area contributed by atoms with Gasteiger partial charge in [0.05, 0.1) is 9.85 Å². The van der Waals surface area contributed by atoms with Crippen molar-refractivity contribution in [2.75, 3.05) is 0 Å². The van der Waals surface area contributed by atoms with Crippen LogP contribution < -0.4 is 113 Å². The summed E-state index contributed by atoms with van der Waals surface area (Å²) in [6.07, 6.45) is 11.9. The summed E-state index contributed by atoms with van der Waals surface area (Å²) in [4.78, 5) is 39.8. The number of aryl methyl sites for hydroxylation is 2. The molecule has 2 aromatic carbocycles. The molecule has 0 saturated heterocycles. The molecule has 0 spiro atoms. The second kappa shape index (κ2) is 26.0. The molecule has 0 radical (unpaired) electrons. The summed E-state index contributed by atoms with van der Waals surface area (Å²) < 4.78 is 7.01. The summed E-state index contributed by atoms with van der Waals surface area (Å²) >= 11 is 11.9. The van der Waals surface area contributed by atoms with Gasteiger partial charge in [-0.2, -0.15) is 0 Å². The number of carbonyl (C=O) groups is 1. The van der Waals surface area contributed by atoms with Gasteiger partial charge in [0.15, 0.2) is 0 Å². The average Bonchev–Trinajstić information content (AvgIpc) is 3.09. The van der Waals surface area contributed by atoms with E-state index in [9.17, 15) is 25.3 Å². The third-order valence-corrected chi connectivity index (χ3v) is 9.62. The quantitative estimate of drug-likeness (QED) is 0.0774. The zero-order chi connectivity index (χ0) is 36.1. The van der Waals surface area contributed by atoms with Gasteiger partial charge in [-0.15, -0.1) is 0 Å². The van der Waals surface area contributed by atoms with Crippen LogP contribution in [0.2, 0.25) is 5.15 Å². The fraction of sp³-hybridized carbons (Fsp3) is 0.324. The van der Waals surface area contributed by atoms with Crippen LogP contribution in [-0.4, -0.2) is 31.4 Å². The number of aromatic nitrogens is 2. The van der Waals surface area contributed by atoms with E-state index in [1.807, 2.05) is 18.2 Å². The molecule has 52 heavy (non-hydrogen) atoms. The molecule has 0 atom stereocenters. The Kier molecular flexibility index (Phi) is 25.6. The molecule has 2 aliphatic carbocycles. The fourth-order valence-corrected chi connectivity index (χ4v) is 6.13. The molecule has 1 N–H and O–H groups in total. The molecule has 2 aromatic heterocycles. The molecule has 0 aliphatic heterocycles. The Bertz CT molecular complexity index is 1830. The van der Waals surface area contributed by atoms with Crippen LogP contribution in [-0.2, 0) is 35.4 Å². The number of benzene rings is 2. The number of nitro groups is 2. The van der Waals surface area contributed by atoms with Crippen LogP contribution >= 0.6 is 43.5 Å². The minimum atomic E-state index is -0.546. The van der Waals surface area contributed by atoms with Gasteiger partial charge in [0, 0.05) is 32.5 Å². The van der Waals surface area contributed by atoms with E-state index >= 15 is 0 Å². The van der Waals surface area contributed by atoms with Crippen LogP contribution in [0.1, 0.15) is 67.9 Å². The van der Waals surface area contributed by atoms with Crippen molar-refractivity contribution in [3.63, 3.8) is 0 Å². The number of ether oxygens (including phenoxy) is 1. The van der Waals surface area contributed by atoms with Crippen LogP contribution in [0, 0.1) is 34.1 Å². The number of halogens is 3. The Labute approximate surface area is 410 Å². The normalized spacial score (nSPS) is 11.8. The summed E-state index contributed by atoms with van der Waals surface area (Å²) in [7, 11) is 0. The minimum Gasteiger partial charge on any atom is -1.00 e. The van der Waals surface area contributed by atoms with E-state index in [4.69, 9.17) is 26.4 Å². The van der Waals surface area contributed by atoms with E-state index in [1.165, 1.54) is 48.3 Å². The maximum Gasteiger partial charge on any atom is 1.00 e. The zero-order valence-corrected chi connectivity index (χ0v) is 38.7. The maximum absolute atomic E-state index is 11.3. The first kappa shape index (κ1) is 51.1. The van der Waals surface area contributed by atoms with Crippen molar-refractivity contribution < 1.29 is 139 Å². The second-order valence-corrected chi connectivity index (χ2v) is 12.9. The summed E-state index contributed by atoms with van der Waals surface area (Å²) in [5.74, 6) is 1.21. The van der Waals surface area contributed by atoms with Crippen molar-refractivity contribution in [3.8, 4) is 17.4 Å². The van der Waals surface area contributed by atoms with Gasteiger partial charge in [0.2, 0.25) is 5.15 Å². The van der Waals surface area contributed by atoms with E-state index in [1.54, 1.807) is 19.9 Å². The Balaban J connectivity index is 0.